The summed E-state index contributed by atoms with van der Waals surface area (Å²) in [6.45, 7) is 2.22. The van der Waals surface area contributed by atoms with E-state index in [4.69, 9.17) is 0 Å². The maximum absolute atomic E-state index is 4.35. The third-order valence-corrected chi connectivity index (χ3v) is 5.78. The fourth-order valence-corrected chi connectivity index (χ4v) is 4.66. The Kier molecular flexibility index (Phi) is 4.40. The van der Waals surface area contributed by atoms with Gasteiger partial charge >= 0.3 is 0 Å². The number of aryl methyl sites for hydroxylation is 1. The van der Waals surface area contributed by atoms with Crippen LogP contribution in [0.2, 0.25) is 0 Å². The fourth-order valence-electron chi connectivity index (χ4n) is 4.66. The normalized spacial score (nSPS) is 31.6. The Balaban J connectivity index is 1.75. The van der Waals surface area contributed by atoms with Crippen LogP contribution in [0.1, 0.15) is 62.1 Å². The Bertz CT molecular complexity index is 443. The van der Waals surface area contributed by atoms with Crippen LogP contribution in [0.15, 0.2) is 18.5 Å². The highest BCUT2D eigenvalue weighted by Crippen LogP contribution is 2.46. The van der Waals surface area contributed by atoms with Gasteiger partial charge in [0.05, 0.1) is 0 Å². The van der Waals surface area contributed by atoms with Crippen LogP contribution in [0.25, 0.3) is 0 Å². The lowest BCUT2D eigenvalue weighted by Crippen LogP contribution is -2.34. The van der Waals surface area contributed by atoms with Crippen molar-refractivity contribution in [2.45, 2.75) is 57.9 Å². The topological polar surface area (TPSA) is 24.9 Å². The number of aromatic nitrogens is 1. The summed E-state index contributed by atoms with van der Waals surface area (Å²) in [6.07, 6.45) is 14.1. The second kappa shape index (κ2) is 6.26. The smallest absolute Gasteiger partial charge is 0.0364 e. The summed E-state index contributed by atoms with van der Waals surface area (Å²) < 4.78 is 0. The van der Waals surface area contributed by atoms with E-state index < -0.39 is 0 Å². The summed E-state index contributed by atoms with van der Waals surface area (Å²) in [4.78, 5) is 4.35. The van der Waals surface area contributed by atoms with E-state index in [2.05, 4.69) is 36.5 Å². The van der Waals surface area contributed by atoms with Gasteiger partial charge < -0.3 is 5.32 Å². The monoisotopic (exact) mass is 272 g/mol. The summed E-state index contributed by atoms with van der Waals surface area (Å²) >= 11 is 0. The molecule has 0 spiro atoms. The fraction of sp³-hybridized carbons (Fsp3) is 0.722. The number of nitrogens with zero attached hydrogens (tertiary/aromatic N) is 1. The van der Waals surface area contributed by atoms with Gasteiger partial charge in [0.15, 0.2) is 0 Å². The number of fused-ring (bicyclic) bond motifs is 1. The lowest BCUT2D eigenvalue weighted by atomic mass is 9.65. The van der Waals surface area contributed by atoms with E-state index in [1.54, 1.807) is 0 Å². The predicted molar refractivity (Wildman–Crippen MR) is 83.6 cm³/mol. The molecule has 1 N–H and O–H groups in total. The number of hydrogen-bond donors (Lipinski definition) is 1. The van der Waals surface area contributed by atoms with Gasteiger partial charge in [-0.05, 0) is 68.2 Å². The first-order valence-electron chi connectivity index (χ1n) is 8.37. The molecule has 20 heavy (non-hydrogen) atoms. The molecule has 110 valence electrons. The van der Waals surface area contributed by atoms with Crippen LogP contribution in [0.5, 0.6) is 0 Å². The largest absolute Gasteiger partial charge is 0.313 e. The maximum atomic E-state index is 4.35. The van der Waals surface area contributed by atoms with Crippen LogP contribution >= 0.6 is 0 Å². The molecular weight excluding hydrogens is 244 g/mol. The molecule has 0 aliphatic heterocycles. The Morgan fingerprint density at radius 3 is 2.70 bits per heavy atom. The number of hydrogen-bond acceptors (Lipinski definition) is 2. The van der Waals surface area contributed by atoms with Gasteiger partial charge in [0.2, 0.25) is 0 Å². The first-order chi connectivity index (χ1) is 9.79. The summed E-state index contributed by atoms with van der Waals surface area (Å²) in [5, 5.41) is 3.58. The Hall–Kier alpha value is -0.890. The van der Waals surface area contributed by atoms with Crippen LogP contribution < -0.4 is 5.32 Å². The van der Waals surface area contributed by atoms with Crippen molar-refractivity contribution in [3.05, 3.63) is 29.6 Å². The lowest BCUT2D eigenvalue weighted by molar-refractivity contribution is 0.111. The van der Waals surface area contributed by atoms with Crippen LogP contribution in [0, 0.1) is 24.7 Å². The van der Waals surface area contributed by atoms with Crippen molar-refractivity contribution in [1.29, 1.82) is 0 Å². The molecule has 2 nitrogen and oxygen atoms in total. The van der Waals surface area contributed by atoms with E-state index in [1.807, 2.05) is 6.20 Å². The van der Waals surface area contributed by atoms with E-state index in [0.717, 1.165) is 17.8 Å². The van der Waals surface area contributed by atoms with Crippen LogP contribution in [-0.4, -0.2) is 12.0 Å². The summed E-state index contributed by atoms with van der Waals surface area (Å²) in [7, 11) is 2.12. The van der Waals surface area contributed by atoms with Gasteiger partial charge in [-0.15, -0.1) is 0 Å². The molecule has 2 fully saturated rings. The summed E-state index contributed by atoms with van der Waals surface area (Å²) in [5.41, 5.74) is 2.79. The second-order valence-corrected chi connectivity index (χ2v) is 6.88. The molecule has 3 rings (SSSR count). The van der Waals surface area contributed by atoms with Gasteiger partial charge in [0.25, 0.3) is 0 Å². The second-order valence-electron chi connectivity index (χ2n) is 6.88. The minimum absolute atomic E-state index is 0.492. The van der Waals surface area contributed by atoms with E-state index in [9.17, 15) is 0 Å². The van der Waals surface area contributed by atoms with Crippen molar-refractivity contribution in [3.63, 3.8) is 0 Å². The van der Waals surface area contributed by atoms with Crippen molar-refractivity contribution in [1.82, 2.24) is 10.3 Å². The Labute approximate surface area is 123 Å². The molecule has 2 heteroatoms. The minimum Gasteiger partial charge on any atom is -0.313 e. The van der Waals surface area contributed by atoms with Crippen molar-refractivity contribution >= 4 is 0 Å². The third kappa shape index (κ3) is 2.76. The van der Waals surface area contributed by atoms with Crippen molar-refractivity contribution in [2.24, 2.45) is 17.8 Å². The molecule has 2 aliphatic carbocycles. The van der Waals surface area contributed by atoms with E-state index in [-0.39, 0.29) is 0 Å². The highest BCUT2D eigenvalue weighted by molar-refractivity contribution is 5.25. The van der Waals surface area contributed by atoms with Gasteiger partial charge in [-0.3, -0.25) is 4.98 Å². The standard InChI is InChI=1S/C18H28N2/c1-13-9-10-20-12-17(13)18(19-2)16-8-7-14-5-3-4-6-15(14)11-16/h9-10,12,14-16,18-19H,3-8,11H2,1-2H3. The Morgan fingerprint density at radius 2 is 1.95 bits per heavy atom. The van der Waals surface area contributed by atoms with E-state index >= 15 is 0 Å². The molecule has 1 aromatic rings. The van der Waals surface area contributed by atoms with Crippen molar-refractivity contribution < 1.29 is 0 Å². The van der Waals surface area contributed by atoms with Crippen LogP contribution in [-0.2, 0) is 0 Å². The third-order valence-electron chi connectivity index (χ3n) is 5.78. The number of pyridine rings is 1. The zero-order valence-electron chi connectivity index (χ0n) is 12.9. The molecule has 2 aliphatic rings. The molecular formula is C18H28N2. The maximum Gasteiger partial charge on any atom is 0.0364 e. The molecule has 0 saturated heterocycles. The van der Waals surface area contributed by atoms with Crippen LogP contribution in [0.4, 0.5) is 0 Å². The average molecular weight is 272 g/mol. The zero-order chi connectivity index (χ0) is 13.9. The molecule has 0 amide bonds. The molecule has 2 saturated carbocycles. The zero-order valence-corrected chi connectivity index (χ0v) is 12.9. The molecule has 1 heterocycles. The SMILES string of the molecule is CNC(c1cnccc1C)C1CCC2CCCCC2C1. The summed E-state index contributed by atoms with van der Waals surface area (Å²) in [5.74, 6) is 2.82. The number of rotatable bonds is 3. The minimum atomic E-state index is 0.492. The van der Waals surface area contributed by atoms with Gasteiger partial charge in [-0.2, -0.15) is 0 Å². The van der Waals surface area contributed by atoms with Gasteiger partial charge in [-0.1, -0.05) is 25.7 Å². The van der Waals surface area contributed by atoms with Gasteiger partial charge in [0, 0.05) is 18.4 Å². The average Bonchev–Trinajstić information content (AvgIpc) is 2.50. The first kappa shape index (κ1) is 14.1. The van der Waals surface area contributed by atoms with Gasteiger partial charge in [-0.25, -0.2) is 0 Å². The molecule has 4 unspecified atom stereocenters. The quantitative estimate of drug-likeness (QED) is 0.889. The van der Waals surface area contributed by atoms with Crippen molar-refractivity contribution in [2.75, 3.05) is 7.05 Å². The molecule has 0 radical (unpaired) electrons. The molecule has 0 bridgehead atoms. The molecule has 0 aromatic carbocycles. The van der Waals surface area contributed by atoms with Crippen molar-refractivity contribution in [3.8, 4) is 0 Å². The van der Waals surface area contributed by atoms with E-state index in [0.29, 0.717) is 6.04 Å². The number of nitrogens with one attached hydrogen (secondary N) is 1. The summed E-state index contributed by atoms with van der Waals surface area (Å²) in [6, 6.07) is 2.64. The highest BCUT2D eigenvalue weighted by atomic mass is 14.9. The first-order valence-corrected chi connectivity index (χ1v) is 8.37. The Morgan fingerprint density at radius 1 is 1.15 bits per heavy atom. The van der Waals surface area contributed by atoms with Gasteiger partial charge in [0.1, 0.15) is 0 Å². The van der Waals surface area contributed by atoms with E-state index in [1.165, 1.54) is 56.1 Å². The highest BCUT2D eigenvalue weighted by Gasteiger charge is 2.35. The lowest BCUT2D eigenvalue weighted by Gasteiger charge is -2.42. The molecule has 1 aromatic heterocycles. The predicted octanol–water partition coefficient (Wildman–Crippen LogP) is 4.26. The molecule has 4 atom stereocenters. The van der Waals surface area contributed by atoms with Crippen LogP contribution in [0.3, 0.4) is 0 Å².